The third-order valence-electron chi connectivity index (χ3n) is 3.07. The molecule has 0 N–H and O–H groups in total. The Morgan fingerprint density at radius 2 is 2.29 bits per heavy atom. The van der Waals surface area contributed by atoms with E-state index in [1.54, 1.807) is 4.90 Å². The van der Waals surface area contributed by atoms with Gasteiger partial charge in [0.05, 0.1) is 0 Å². The predicted octanol–water partition coefficient (Wildman–Crippen LogP) is 0.689. The second-order valence-electron chi connectivity index (χ2n) is 4.47. The summed E-state index contributed by atoms with van der Waals surface area (Å²) in [4.78, 5) is 19.6. The van der Waals surface area contributed by atoms with E-state index in [2.05, 4.69) is 17.1 Å². The number of rotatable bonds is 3. The van der Waals surface area contributed by atoms with Gasteiger partial charge in [0.15, 0.2) is 0 Å². The minimum atomic E-state index is 0.0885. The Morgan fingerprint density at radius 1 is 1.53 bits per heavy atom. The van der Waals surface area contributed by atoms with E-state index in [0.29, 0.717) is 18.4 Å². The molecule has 1 aromatic rings. The molecule has 1 aliphatic heterocycles. The fourth-order valence-electron chi connectivity index (χ4n) is 1.87. The summed E-state index contributed by atoms with van der Waals surface area (Å²) in [5.41, 5.74) is 0. The molecule has 1 saturated heterocycles. The predicted molar refractivity (Wildman–Crippen MR) is 62.7 cm³/mol. The van der Waals surface area contributed by atoms with E-state index in [1.807, 2.05) is 18.9 Å². The van der Waals surface area contributed by atoms with Crippen LogP contribution in [-0.2, 0) is 11.2 Å². The highest BCUT2D eigenvalue weighted by atomic mass is 16.5. The lowest BCUT2D eigenvalue weighted by molar-refractivity contribution is -0.131. The van der Waals surface area contributed by atoms with E-state index in [-0.39, 0.29) is 11.9 Å². The summed E-state index contributed by atoms with van der Waals surface area (Å²) < 4.78 is 5.13. The van der Waals surface area contributed by atoms with E-state index in [4.69, 9.17) is 4.52 Å². The van der Waals surface area contributed by atoms with E-state index >= 15 is 0 Å². The highest BCUT2D eigenvalue weighted by Gasteiger charge is 2.29. The quantitative estimate of drug-likeness (QED) is 0.775. The molecule has 0 saturated carbocycles. The largest absolute Gasteiger partial charge is 0.340 e. The average Bonchev–Trinajstić information content (AvgIpc) is 2.74. The van der Waals surface area contributed by atoms with Crippen LogP contribution in [0.15, 0.2) is 4.52 Å². The number of amides is 1. The molecule has 0 radical (unpaired) electrons. The average molecular weight is 238 g/mol. The van der Waals surface area contributed by atoms with Crippen LogP contribution in [0.1, 0.15) is 26.2 Å². The molecular weight excluding hydrogens is 220 g/mol. The molecule has 1 aliphatic rings. The molecule has 1 fully saturated rings. The normalized spacial score (nSPS) is 21.1. The number of aromatic nitrogens is 2. The summed E-state index contributed by atoms with van der Waals surface area (Å²) in [5.74, 6) is 1.26. The van der Waals surface area contributed by atoms with Crippen molar-refractivity contribution in [2.75, 3.05) is 25.0 Å². The van der Waals surface area contributed by atoms with Crippen molar-refractivity contribution < 1.29 is 9.32 Å². The summed E-state index contributed by atoms with van der Waals surface area (Å²) >= 11 is 0. The van der Waals surface area contributed by atoms with E-state index < -0.39 is 0 Å². The van der Waals surface area contributed by atoms with E-state index in [1.165, 1.54) is 0 Å². The second-order valence-corrected chi connectivity index (χ2v) is 4.47. The van der Waals surface area contributed by atoms with Crippen LogP contribution in [-0.4, -0.2) is 47.1 Å². The van der Waals surface area contributed by atoms with E-state index in [9.17, 15) is 4.79 Å². The number of aryl methyl sites for hydroxylation is 1. The smallest absolute Gasteiger partial charge is 0.266 e. The van der Waals surface area contributed by atoms with Crippen LogP contribution in [0.4, 0.5) is 5.95 Å². The van der Waals surface area contributed by atoms with Gasteiger partial charge in [-0.3, -0.25) is 4.79 Å². The zero-order chi connectivity index (χ0) is 12.4. The maximum atomic E-state index is 11.7. The van der Waals surface area contributed by atoms with Gasteiger partial charge in [0, 0.05) is 26.1 Å². The van der Waals surface area contributed by atoms with Crippen LogP contribution >= 0.6 is 0 Å². The lowest BCUT2D eigenvalue weighted by atomic mass is 10.2. The molecule has 17 heavy (non-hydrogen) atoms. The molecule has 1 amide bonds. The molecule has 94 valence electrons. The third-order valence-corrected chi connectivity index (χ3v) is 3.07. The number of piperazine rings is 1. The minimum absolute atomic E-state index is 0.0885. The number of hydrogen-bond donors (Lipinski definition) is 0. The number of likely N-dealkylation sites (N-methyl/N-ethyl adjacent to an activating group) is 1. The van der Waals surface area contributed by atoms with Gasteiger partial charge in [-0.15, -0.1) is 0 Å². The van der Waals surface area contributed by atoms with Crippen molar-refractivity contribution in [2.45, 2.75) is 32.7 Å². The first kappa shape index (κ1) is 11.9. The minimum Gasteiger partial charge on any atom is -0.340 e. The third kappa shape index (κ3) is 2.40. The Morgan fingerprint density at radius 3 is 2.94 bits per heavy atom. The van der Waals surface area contributed by atoms with Crippen LogP contribution in [0.5, 0.6) is 0 Å². The summed E-state index contributed by atoms with van der Waals surface area (Å²) in [5, 5.41) is 3.92. The molecule has 6 heteroatoms. The molecular formula is C11H18N4O2. The molecule has 0 unspecified atom stereocenters. The SMILES string of the molecule is CCCc1nc(N2CC(=O)N(C)[C@@H](C)C2)no1. The Bertz CT molecular complexity index is 404. The van der Waals surface area contributed by atoms with Gasteiger partial charge in [-0.25, -0.2) is 0 Å². The van der Waals surface area contributed by atoms with Gasteiger partial charge in [-0.05, 0) is 18.5 Å². The second kappa shape index (κ2) is 4.73. The molecule has 2 heterocycles. The van der Waals surface area contributed by atoms with Crippen molar-refractivity contribution in [1.29, 1.82) is 0 Å². The first-order valence-corrected chi connectivity index (χ1v) is 5.95. The number of carbonyl (C=O) groups excluding carboxylic acids is 1. The molecule has 6 nitrogen and oxygen atoms in total. The van der Waals surface area contributed by atoms with Gasteiger partial charge in [0.1, 0.15) is 6.54 Å². The Kier molecular flexibility index (Phi) is 3.31. The van der Waals surface area contributed by atoms with Gasteiger partial charge in [0.25, 0.3) is 5.95 Å². The number of carbonyl (C=O) groups is 1. The summed E-state index contributed by atoms with van der Waals surface area (Å²) in [7, 11) is 1.82. The fourth-order valence-corrected chi connectivity index (χ4v) is 1.87. The molecule has 1 atom stereocenters. The van der Waals surface area contributed by atoms with Gasteiger partial charge in [-0.1, -0.05) is 6.92 Å². The van der Waals surface area contributed by atoms with Gasteiger partial charge < -0.3 is 14.3 Å². The van der Waals surface area contributed by atoms with Crippen molar-refractivity contribution in [3.05, 3.63) is 5.89 Å². The number of nitrogens with zero attached hydrogens (tertiary/aromatic N) is 4. The van der Waals surface area contributed by atoms with Crippen LogP contribution in [0.25, 0.3) is 0 Å². The summed E-state index contributed by atoms with van der Waals surface area (Å²) in [6.07, 6.45) is 1.75. The standard InChI is InChI=1S/C11H18N4O2/c1-4-5-9-12-11(13-17-9)15-6-8(2)14(3)10(16)7-15/h8H,4-7H2,1-3H3/t8-/m0/s1. The first-order chi connectivity index (χ1) is 8.11. The van der Waals surface area contributed by atoms with Crippen LogP contribution in [0.2, 0.25) is 0 Å². The molecule has 1 aromatic heterocycles. The zero-order valence-corrected chi connectivity index (χ0v) is 10.5. The lowest BCUT2D eigenvalue weighted by Crippen LogP contribution is -2.54. The maximum Gasteiger partial charge on any atom is 0.266 e. The Hall–Kier alpha value is -1.59. The van der Waals surface area contributed by atoms with Crippen molar-refractivity contribution in [1.82, 2.24) is 15.0 Å². The van der Waals surface area contributed by atoms with Gasteiger partial charge in [0.2, 0.25) is 11.8 Å². The van der Waals surface area contributed by atoms with Crippen molar-refractivity contribution in [2.24, 2.45) is 0 Å². The zero-order valence-electron chi connectivity index (χ0n) is 10.5. The maximum absolute atomic E-state index is 11.7. The highest BCUT2D eigenvalue weighted by Crippen LogP contribution is 2.16. The topological polar surface area (TPSA) is 62.5 Å². The first-order valence-electron chi connectivity index (χ1n) is 5.95. The Labute approximate surface area is 101 Å². The van der Waals surface area contributed by atoms with Crippen LogP contribution < -0.4 is 4.90 Å². The lowest BCUT2D eigenvalue weighted by Gasteiger charge is -2.36. The molecule has 0 spiro atoms. The van der Waals surface area contributed by atoms with Crippen molar-refractivity contribution in [3.63, 3.8) is 0 Å². The summed E-state index contributed by atoms with van der Waals surface area (Å²) in [6.45, 7) is 5.14. The molecule has 0 aliphatic carbocycles. The highest BCUT2D eigenvalue weighted by molar-refractivity contribution is 5.82. The molecule has 2 rings (SSSR count). The van der Waals surface area contributed by atoms with Crippen molar-refractivity contribution in [3.8, 4) is 0 Å². The van der Waals surface area contributed by atoms with E-state index in [0.717, 1.165) is 19.4 Å². The number of anilines is 1. The Balaban J connectivity index is 2.09. The van der Waals surface area contributed by atoms with Gasteiger partial charge >= 0.3 is 0 Å². The summed E-state index contributed by atoms with van der Waals surface area (Å²) in [6, 6.07) is 0.171. The van der Waals surface area contributed by atoms with Crippen molar-refractivity contribution >= 4 is 11.9 Å². The number of hydrogen-bond acceptors (Lipinski definition) is 5. The van der Waals surface area contributed by atoms with Gasteiger partial charge in [-0.2, -0.15) is 4.98 Å². The monoisotopic (exact) mass is 238 g/mol. The van der Waals surface area contributed by atoms with Crippen LogP contribution in [0.3, 0.4) is 0 Å². The molecule has 0 aromatic carbocycles. The fraction of sp³-hybridized carbons (Fsp3) is 0.727. The van der Waals surface area contributed by atoms with Crippen LogP contribution in [0, 0.1) is 0 Å². The molecule has 0 bridgehead atoms.